The van der Waals surface area contributed by atoms with E-state index in [-0.39, 0.29) is 18.7 Å². The minimum Gasteiger partial charge on any atom is -0.396 e. The minimum absolute atomic E-state index is 0.0398. The van der Waals surface area contributed by atoms with Gasteiger partial charge in [0.1, 0.15) is 0 Å². The van der Waals surface area contributed by atoms with Gasteiger partial charge < -0.3 is 20.6 Å². The first-order valence-electron chi connectivity index (χ1n) is 8.40. The quantitative estimate of drug-likeness (QED) is 0.599. The van der Waals surface area contributed by atoms with Crippen LogP contribution in [0.25, 0.3) is 0 Å². The van der Waals surface area contributed by atoms with Crippen LogP contribution in [0.5, 0.6) is 0 Å². The Kier molecular flexibility index (Phi) is 8.69. The summed E-state index contributed by atoms with van der Waals surface area (Å²) < 4.78 is 0. The Balaban J connectivity index is 2.12. The van der Waals surface area contributed by atoms with Gasteiger partial charge >= 0.3 is 6.03 Å². The van der Waals surface area contributed by atoms with E-state index >= 15 is 0 Å². The van der Waals surface area contributed by atoms with E-state index in [9.17, 15) is 4.79 Å². The molecular weight excluding hydrogens is 266 g/mol. The molecule has 1 aliphatic heterocycles. The number of aliphatic hydroxyl groups is 1. The van der Waals surface area contributed by atoms with Crippen LogP contribution in [0.2, 0.25) is 0 Å². The van der Waals surface area contributed by atoms with Gasteiger partial charge in [-0.3, -0.25) is 0 Å². The fourth-order valence-corrected chi connectivity index (χ4v) is 2.93. The predicted molar refractivity (Wildman–Crippen MR) is 86.3 cm³/mol. The van der Waals surface area contributed by atoms with E-state index in [4.69, 9.17) is 5.11 Å². The molecule has 0 radical (unpaired) electrons. The van der Waals surface area contributed by atoms with Gasteiger partial charge in [0.2, 0.25) is 0 Å². The maximum atomic E-state index is 11.8. The second-order valence-corrected chi connectivity index (χ2v) is 6.66. The molecular formula is C16H33N3O2. The Hall–Kier alpha value is -0.810. The molecule has 0 bridgehead atoms. The highest BCUT2D eigenvalue weighted by Crippen LogP contribution is 2.15. The zero-order valence-corrected chi connectivity index (χ0v) is 13.9. The van der Waals surface area contributed by atoms with Crippen molar-refractivity contribution < 1.29 is 9.90 Å². The maximum absolute atomic E-state index is 11.8. The highest BCUT2D eigenvalue weighted by molar-refractivity contribution is 5.74. The molecule has 5 nitrogen and oxygen atoms in total. The van der Waals surface area contributed by atoms with Crippen molar-refractivity contribution in [3.05, 3.63) is 0 Å². The van der Waals surface area contributed by atoms with E-state index in [1.807, 2.05) is 0 Å². The van der Waals surface area contributed by atoms with E-state index in [2.05, 4.69) is 36.3 Å². The molecule has 1 heterocycles. The Bertz CT molecular complexity index is 297. The van der Waals surface area contributed by atoms with Crippen molar-refractivity contribution >= 4 is 6.03 Å². The molecule has 0 aromatic rings. The number of rotatable bonds is 8. The van der Waals surface area contributed by atoms with Gasteiger partial charge in [0.05, 0.1) is 0 Å². The average molecular weight is 299 g/mol. The summed E-state index contributed by atoms with van der Waals surface area (Å²) in [5.74, 6) is 1.14. The van der Waals surface area contributed by atoms with Crippen molar-refractivity contribution in [2.24, 2.45) is 11.8 Å². The molecule has 124 valence electrons. The van der Waals surface area contributed by atoms with Crippen molar-refractivity contribution in [3.8, 4) is 0 Å². The molecule has 1 saturated heterocycles. The zero-order chi connectivity index (χ0) is 15.7. The lowest BCUT2D eigenvalue weighted by Gasteiger charge is -2.30. The summed E-state index contributed by atoms with van der Waals surface area (Å²) in [7, 11) is 0. The summed E-state index contributed by atoms with van der Waals surface area (Å²) in [6.45, 7) is 10.7. The number of aliphatic hydroxyl groups excluding tert-OH is 1. The van der Waals surface area contributed by atoms with Crippen molar-refractivity contribution in [1.29, 1.82) is 0 Å². The third kappa shape index (κ3) is 7.67. The highest BCUT2D eigenvalue weighted by Gasteiger charge is 2.16. The van der Waals surface area contributed by atoms with Crippen molar-refractivity contribution in [1.82, 2.24) is 15.5 Å². The summed E-state index contributed by atoms with van der Waals surface area (Å²) >= 11 is 0. The summed E-state index contributed by atoms with van der Waals surface area (Å²) in [4.78, 5) is 14.3. The van der Waals surface area contributed by atoms with Crippen LogP contribution in [0, 0.1) is 11.8 Å². The van der Waals surface area contributed by atoms with Gasteiger partial charge in [-0.15, -0.1) is 0 Å². The number of urea groups is 1. The molecule has 2 amide bonds. The van der Waals surface area contributed by atoms with Crippen LogP contribution in [0.4, 0.5) is 4.79 Å². The normalized spacial score (nSPS) is 21.3. The van der Waals surface area contributed by atoms with Crippen LogP contribution in [0.3, 0.4) is 0 Å². The second-order valence-electron chi connectivity index (χ2n) is 6.66. The fourth-order valence-electron chi connectivity index (χ4n) is 2.93. The van der Waals surface area contributed by atoms with Crippen LogP contribution in [0.1, 0.15) is 46.5 Å². The van der Waals surface area contributed by atoms with Crippen molar-refractivity contribution in [2.45, 2.75) is 52.5 Å². The van der Waals surface area contributed by atoms with Gasteiger partial charge in [0, 0.05) is 25.7 Å². The third-order valence-corrected chi connectivity index (χ3v) is 4.24. The number of likely N-dealkylation sites (tertiary alicyclic amines) is 1. The lowest BCUT2D eigenvalue weighted by Crippen LogP contribution is -2.45. The molecule has 1 fully saturated rings. The first-order chi connectivity index (χ1) is 10.0. The fraction of sp³-hybridized carbons (Fsp3) is 0.938. The lowest BCUT2D eigenvalue weighted by atomic mass is 10.0. The number of carbonyl (C=O) groups is 1. The number of nitrogens with zero attached hydrogens (tertiary/aromatic N) is 1. The van der Waals surface area contributed by atoms with Gasteiger partial charge in [-0.2, -0.15) is 0 Å². The van der Waals surface area contributed by atoms with Gasteiger partial charge in [-0.25, -0.2) is 4.79 Å². The van der Waals surface area contributed by atoms with Crippen LogP contribution < -0.4 is 10.6 Å². The maximum Gasteiger partial charge on any atom is 0.315 e. The van der Waals surface area contributed by atoms with Crippen LogP contribution >= 0.6 is 0 Å². The van der Waals surface area contributed by atoms with E-state index in [1.165, 1.54) is 25.9 Å². The number of carbonyl (C=O) groups excluding carboxylic acids is 1. The highest BCUT2D eigenvalue weighted by atomic mass is 16.3. The largest absolute Gasteiger partial charge is 0.396 e. The summed E-state index contributed by atoms with van der Waals surface area (Å²) in [5, 5.41) is 14.9. The molecule has 21 heavy (non-hydrogen) atoms. The van der Waals surface area contributed by atoms with Crippen LogP contribution in [-0.4, -0.2) is 54.9 Å². The molecule has 0 spiro atoms. The number of nitrogens with one attached hydrogen (secondary N) is 2. The second kappa shape index (κ2) is 10.0. The topological polar surface area (TPSA) is 64.6 Å². The SMILES string of the molecule is CC1CCCN(CCCNC(=O)NC(CCO)C(C)C)C1. The van der Waals surface area contributed by atoms with E-state index < -0.39 is 0 Å². The van der Waals surface area contributed by atoms with Gasteiger partial charge in [0.25, 0.3) is 0 Å². The molecule has 3 N–H and O–H groups in total. The molecule has 2 unspecified atom stereocenters. The zero-order valence-electron chi connectivity index (χ0n) is 13.9. The average Bonchev–Trinajstić information content (AvgIpc) is 2.43. The summed E-state index contributed by atoms with van der Waals surface area (Å²) in [6.07, 6.45) is 4.24. The molecule has 0 aromatic carbocycles. The summed E-state index contributed by atoms with van der Waals surface area (Å²) in [6, 6.07) is -0.0768. The molecule has 1 aliphatic rings. The Morgan fingerprint density at radius 2 is 2.19 bits per heavy atom. The monoisotopic (exact) mass is 299 g/mol. The molecule has 0 aromatic heterocycles. The standard InChI is InChI=1S/C16H33N3O2/c1-13(2)15(7-11-20)18-16(21)17-8-5-10-19-9-4-6-14(3)12-19/h13-15,20H,4-12H2,1-3H3,(H2,17,18,21). The first kappa shape index (κ1) is 18.2. The Morgan fingerprint density at radius 3 is 2.81 bits per heavy atom. The molecule has 1 rings (SSSR count). The van der Waals surface area contributed by atoms with Gasteiger partial charge in [-0.1, -0.05) is 20.8 Å². The van der Waals surface area contributed by atoms with Crippen molar-refractivity contribution in [3.63, 3.8) is 0 Å². The van der Waals surface area contributed by atoms with E-state index in [1.54, 1.807) is 0 Å². The third-order valence-electron chi connectivity index (χ3n) is 4.24. The first-order valence-corrected chi connectivity index (χ1v) is 8.40. The van der Waals surface area contributed by atoms with Gasteiger partial charge in [0.15, 0.2) is 0 Å². The van der Waals surface area contributed by atoms with Crippen molar-refractivity contribution in [2.75, 3.05) is 32.8 Å². The predicted octanol–water partition coefficient (Wildman–Crippen LogP) is 1.81. The Labute approximate surface area is 129 Å². The van der Waals surface area contributed by atoms with Crippen LogP contribution in [-0.2, 0) is 0 Å². The molecule has 2 atom stereocenters. The van der Waals surface area contributed by atoms with E-state index in [0.29, 0.717) is 18.9 Å². The molecule has 5 heteroatoms. The van der Waals surface area contributed by atoms with Gasteiger partial charge in [-0.05, 0) is 50.6 Å². The van der Waals surface area contributed by atoms with E-state index in [0.717, 1.165) is 18.9 Å². The molecule has 0 saturated carbocycles. The number of hydrogen-bond donors (Lipinski definition) is 3. The number of hydrogen-bond acceptors (Lipinski definition) is 3. The molecule has 0 aliphatic carbocycles. The number of piperidine rings is 1. The smallest absolute Gasteiger partial charge is 0.315 e. The summed E-state index contributed by atoms with van der Waals surface area (Å²) in [5.41, 5.74) is 0. The minimum atomic E-state index is -0.117. The lowest BCUT2D eigenvalue weighted by molar-refractivity contribution is 0.181. The Morgan fingerprint density at radius 1 is 1.43 bits per heavy atom. The number of amides is 2. The van der Waals surface area contributed by atoms with Crippen LogP contribution in [0.15, 0.2) is 0 Å².